The standard InChI is InChI=1S/C24H27N3O4S/c28-24(27-31-23-8-4-5-14-30-23)22-12-11-21(32-22)18-9-10-19(26-16-18)17-25-13-15-29-20-6-2-1-3-7-20/h1-3,6-7,9-12,16,23,25H,4-5,8,13-15,17H2,(H,27,28). The summed E-state index contributed by atoms with van der Waals surface area (Å²) in [4.78, 5) is 23.8. The largest absolute Gasteiger partial charge is 0.492 e. The third-order valence-electron chi connectivity index (χ3n) is 4.96. The number of ether oxygens (including phenoxy) is 2. The molecule has 0 radical (unpaired) electrons. The van der Waals surface area contributed by atoms with E-state index in [-0.39, 0.29) is 12.2 Å². The molecule has 3 aromatic rings. The number of nitrogens with zero attached hydrogens (tertiary/aromatic N) is 1. The molecule has 0 aliphatic carbocycles. The van der Waals surface area contributed by atoms with Crippen molar-refractivity contribution >= 4 is 17.2 Å². The highest BCUT2D eigenvalue weighted by molar-refractivity contribution is 7.17. The van der Waals surface area contributed by atoms with Crippen molar-refractivity contribution in [3.05, 3.63) is 71.4 Å². The van der Waals surface area contributed by atoms with E-state index in [1.54, 1.807) is 6.07 Å². The van der Waals surface area contributed by atoms with Crippen LogP contribution in [0.25, 0.3) is 10.4 Å². The Morgan fingerprint density at radius 1 is 1.12 bits per heavy atom. The van der Waals surface area contributed by atoms with Crippen LogP contribution in [0.3, 0.4) is 0 Å². The molecule has 7 nitrogen and oxygen atoms in total. The maximum absolute atomic E-state index is 12.3. The third-order valence-corrected chi connectivity index (χ3v) is 6.09. The van der Waals surface area contributed by atoms with Gasteiger partial charge in [-0.05, 0) is 43.2 Å². The van der Waals surface area contributed by atoms with Gasteiger partial charge in [-0.2, -0.15) is 0 Å². The molecule has 0 saturated carbocycles. The molecule has 168 valence electrons. The molecule has 1 amide bonds. The van der Waals surface area contributed by atoms with Crippen molar-refractivity contribution < 1.29 is 19.1 Å². The Bertz CT molecular complexity index is 972. The molecule has 1 fully saturated rings. The normalized spacial score (nSPS) is 15.9. The van der Waals surface area contributed by atoms with Crippen molar-refractivity contribution in [2.45, 2.75) is 32.1 Å². The first-order valence-electron chi connectivity index (χ1n) is 10.8. The van der Waals surface area contributed by atoms with E-state index in [0.29, 0.717) is 24.6 Å². The van der Waals surface area contributed by atoms with Gasteiger partial charge in [0.15, 0.2) is 6.29 Å². The number of benzene rings is 1. The van der Waals surface area contributed by atoms with Gasteiger partial charge >= 0.3 is 0 Å². The minimum Gasteiger partial charge on any atom is -0.492 e. The maximum Gasteiger partial charge on any atom is 0.285 e. The molecular weight excluding hydrogens is 426 g/mol. The van der Waals surface area contributed by atoms with Crippen LogP contribution in [0, 0.1) is 0 Å². The Labute approximate surface area is 191 Å². The van der Waals surface area contributed by atoms with Crippen LogP contribution in [0.5, 0.6) is 5.75 Å². The highest BCUT2D eigenvalue weighted by Gasteiger charge is 2.17. The summed E-state index contributed by atoms with van der Waals surface area (Å²) >= 11 is 1.40. The second kappa shape index (κ2) is 11.7. The zero-order chi connectivity index (χ0) is 22.0. The van der Waals surface area contributed by atoms with Gasteiger partial charge in [-0.25, -0.2) is 10.3 Å². The smallest absolute Gasteiger partial charge is 0.285 e. The molecule has 8 heteroatoms. The van der Waals surface area contributed by atoms with E-state index in [1.165, 1.54) is 11.3 Å². The first-order valence-corrected chi connectivity index (χ1v) is 11.6. The molecule has 32 heavy (non-hydrogen) atoms. The average molecular weight is 454 g/mol. The van der Waals surface area contributed by atoms with Crippen LogP contribution in [0.2, 0.25) is 0 Å². The Balaban J connectivity index is 1.20. The number of para-hydroxylation sites is 1. The third kappa shape index (κ3) is 6.61. The van der Waals surface area contributed by atoms with E-state index in [0.717, 1.165) is 47.7 Å². The van der Waals surface area contributed by atoms with Crippen molar-refractivity contribution in [3.8, 4) is 16.2 Å². The van der Waals surface area contributed by atoms with Gasteiger partial charge in [0.2, 0.25) is 0 Å². The number of thiophene rings is 1. The van der Waals surface area contributed by atoms with Crippen LogP contribution >= 0.6 is 11.3 Å². The lowest BCUT2D eigenvalue weighted by molar-refractivity contribution is -0.186. The Kier molecular flexibility index (Phi) is 8.22. The zero-order valence-corrected chi connectivity index (χ0v) is 18.6. The van der Waals surface area contributed by atoms with Gasteiger partial charge in [0.05, 0.1) is 10.6 Å². The molecule has 1 atom stereocenters. The van der Waals surface area contributed by atoms with Crippen LogP contribution in [0.1, 0.15) is 34.6 Å². The lowest BCUT2D eigenvalue weighted by Crippen LogP contribution is -2.32. The van der Waals surface area contributed by atoms with E-state index in [2.05, 4.69) is 15.8 Å². The SMILES string of the molecule is O=C(NOC1CCCCO1)c1ccc(-c2ccc(CNCCOc3ccccc3)nc2)s1. The van der Waals surface area contributed by atoms with Crippen LogP contribution in [-0.2, 0) is 16.1 Å². The van der Waals surface area contributed by atoms with Crippen molar-refractivity contribution in [3.63, 3.8) is 0 Å². The van der Waals surface area contributed by atoms with Crippen LogP contribution in [0.15, 0.2) is 60.8 Å². The van der Waals surface area contributed by atoms with E-state index in [1.807, 2.05) is 54.7 Å². The van der Waals surface area contributed by atoms with Crippen LogP contribution in [-0.4, -0.2) is 36.9 Å². The molecule has 1 saturated heterocycles. The molecule has 1 aliphatic rings. The van der Waals surface area contributed by atoms with Crippen molar-refractivity contribution in [2.75, 3.05) is 19.8 Å². The number of carbonyl (C=O) groups excluding carboxylic acids is 1. The number of hydrogen-bond donors (Lipinski definition) is 2. The Morgan fingerprint density at radius 3 is 2.81 bits per heavy atom. The molecule has 0 spiro atoms. The maximum atomic E-state index is 12.3. The minimum atomic E-state index is -0.359. The summed E-state index contributed by atoms with van der Waals surface area (Å²) in [5.74, 6) is 0.608. The fourth-order valence-corrected chi connectivity index (χ4v) is 4.12. The van der Waals surface area contributed by atoms with Crippen molar-refractivity contribution in [1.82, 2.24) is 15.8 Å². The summed E-state index contributed by atoms with van der Waals surface area (Å²) in [7, 11) is 0. The molecule has 2 aromatic heterocycles. The molecule has 1 aromatic carbocycles. The fraction of sp³-hybridized carbons (Fsp3) is 0.333. The second-order valence-corrected chi connectivity index (χ2v) is 8.47. The van der Waals surface area contributed by atoms with Gasteiger partial charge in [0.1, 0.15) is 12.4 Å². The average Bonchev–Trinajstić information content (AvgIpc) is 3.35. The highest BCUT2D eigenvalue weighted by Crippen LogP contribution is 2.27. The summed E-state index contributed by atoms with van der Waals surface area (Å²) in [6.45, 7) is 2.66. The van der Waals surface area contributed by atoms with Gasteiger partial charge in [-0.15, -0.1) is 11.3 Å². The Morgan fingerprint density at radius 2 is 2.03 bits per heavy atom. The summed E-state index contributed by atoms with van der Waals surface area (Å²) in [6.07, 6.45) is 4.35. The van der Waals surface area contributed by atoms with E-state index in [4.69, 9.17) is 14.3 Å². The topological polar surface area (TPSA) is 81.7 Å². The predicted octanol–water partition coefficient (Wildman–Crippen LogP) is 4.17. The first-order chi connectivity index (χ1) is 15.8. The molecule has 4 rings (SSSR count). The van der Waals surface area contributed by atoms with Crippen molar-refractivity contribution in [1.29, 1.82) is 0 Å². The highest BCUT2D eigenvalue weighted by atomic mass is 32.1. The summed E-state index contributed by atoms with van der Waals surface area (Å²) in [5.41, 5.74) is 4.42. The number of amides is 1. The van der Waals surface area contributed by atoms with Crippen LogP contribution in [0.4, 0.5) is 0 Å². The second-order valence-electron chi connectivity index (χ2n) is 7.39. The number of nitrogens with one attached hydrogen (secondary N) is 2. The zero-order valence-electron chi connectivity index (χ0n) is 17.8. The van der Waals surface area contributed by atoms with Gasteiger partial charge in [0, 0.05) is 42.8 Å². The molecule has 1 aliphatic heterocycles. The number of hydrogen-bond acceptors (Lipinski definition) is 7. The molecular formula is C24H27N3O4S. The van der Waals surface area contributed by atoms with Gasteiger partial charge in [0.25, 0.3) is 5.91 Å². The minimum absolute atomic E-state index is 0.262. The number of aromatic nitrogens is 1. The summed E-state index contributed by atoms with van der Waals surface area (Å²) in [5, 5.41) is 3.33. The van der Waals surface area contributed by atoms with E-state index in [9.17, 15) is 4.79 Å². The van der Waals surface area contributed by atoms with Gasteiger partial charge in [-0.3, -0.25) is 9.78 Å². The lowest BCUT2D eigenvalue weighted by atomic mass is 10.2. The monoisotopic (exact) mass is 453 g/mol. The van der Waals surface area contributed by atoms with E-state index >= 15 is 0 Å². The number of hydroxylamine groups is 1. The quantitative estimate of drug-likeness (QED) is 0.354. The van der Waals surface area contributed by atoms with Gasteiger partial charge < -0.3 is 14.8 Å². The van der Waals surface area contributed by atoms with E-state index < -0.39 is 0 Å². The summed E-state index contributed by atoms with van der Waals surface area (Å²) < 4.78 is 11.1. The molecule has 1 unspecified atom stereocenters. The lowest BCUT2D eigenvalue weighted by Gasteiger charge is -2.21. The summed E-state index contributed by atoms with van der Waals surface area (Å²) in [6, 6.07) is 17.5. The molecule has 2 N–H and O–H groups in total. The fourth-order valence-electron chi connectivity index (χ4n) is 3.24. The number of carbonyl (C=O) groups is 1. The first kappa shape index (κ1) is 22.4. The van der Waals surface area contributed by atoms with Crippen molar-refractivity contribution in [2.24, 2.45) is 0 Å². The number of pyridine rings is 1. The molecule has 0 bridgehead atoms. The predicted molar refractivity (Wildman–Crippen MR) is 123 cm³/mol. The Hall–Kier alpha value is -2.78. The number of rotatable bonds is 10. The van der Waals surface area contributed by atoms with Gasteiger partial charge in [-0.1, -0.05) is 24.3 Å². The van der Waals surface area contributed by atoms with Crippen LogP contribution < -0.4 is 15.5 Å². The molecule has 3 heterocycles.